The number of primary amides is 1. The van der Waals surface area contributed by atoms with E-state index in [2.05, 4.69) is 15.2 Å². The molecular formula is C7H17N4O7PS. The molecule has 0 heterocycles. The molecule has 0 rings (SSSR count). The molecule has 0 bridgehead atoms. The first kappa shape index (κ1) is 21.0. The number of hydrogen-bond donors (Lipinski definition) is 6. The van der Waals surface area contributed by atoms with Gasteiger partial charge >= 0.3 is 25.7 Å². The van der Waals surface area contributed by atoms with Crippen LogP contribution in [-0.2, 0) is 18.3 Å². The molecule has 0 aromatic heterocycles. The van der Waals surface area contributed by atoms with Crippen molar-refractivity contribution in [2.75, 3.05) is 7.05 Å². The number of carbonyl (C=O) groups excluding carboxylic acids is 3. The van der Waals surface area contributed by atoms with Gasteiger partial charge in [0.2, 0.25) is 0 Å². The van der Waals surface area contributed by atoms with E-state index in [-0.39, 0.29) is 6.04 Å². The predicted molar refractivity (Wildman–Crippen MR) is 70.8 cm³/mol. The van der Waals surface area contributed by atoms with Gasteiger partial charge in [-0.1, -0.05) is 0 Å². The Bertz CT molecular complexity index is 385. The van der Waals surface area contributed by atoms with Gasteiger partial charge < -0.3 is 25.0 Å². The highest BCUT2D eigenvalue weighted by Gasteiger charge is 2.12. The summed E-state index contributed by atoms with van der Waals surface area (Å²) < 4.78 is 16.1. The van der Waals surface area contributed by atoms with Crippen LogP contribution in [-0.4, -0.2) is 40.8 Å². The largest absolute Gasteiger partial charge is 0.420 e. The monoisotopic (exact) mass is 332 g/mol. The fraction of sp³-hybridized carbons (Fsp3) is 0.571. The topological polar surface area (TPSA) is 180 Å². The number of carbonyl (C=O) groups is 3. The second-order valence-corrected chi connectivity index (χ2v) is 5.21. The minimum atomic E-state index is -3.97. The van der Waals surface area contributed by atoms with Crippen LogP contribution in [0.5, 0.6) is 0 Å². The summed E-state index contributed by atoms with van der Waals surface area (Å²) in [5.74, 6) is -2.19. The van der Waals surface area contributed by atoms with Gasteiger partial charge in [0, 0.05) is 13.1 Å². The maximum Gasteiger partial charge on any atom is 0.420 e. The number of nitrogens with one attached hydrogen (secondary N) is 3. The molecule has 0 aliphatic carbocycles. The molecule has 0 aromatic rings. The third-order valence-electron chi connectivity index (χ3n) is 1.11. The second-order valence-electron chi connectivity index (χ2n) is 3.33. The first-order chi connectivity index (χ1) is 8.99. The second kappa shape index (κ2) is 10.5. The molecule has 0 saturated carbocycles. The third kappa shape index (κ3) is 16.7. The zero-order chi connectivity index (χ0) is 16.3. The molecular weight excluding hydrogens is 315 g/mol. The normalized spacial score (nSPS) is 10.1. The van der Waals surface area contributed by atoms with Crippen molar-refractivity contribution in [1.82, 2.24) is 15.1 Å². The molecule has 0 unspecified atom stereocenters. The molecule has 0 aromatic carbocycles. The van der Waals surface area contributed by atoms with Crippen molar-refractivity contribution in [3.05, 3.63) is 0 Å². The van der Waals surface area contributed by atoms with Crippen LogP contribution in [0.2, 0.25) is 0 Å². The minimum Gasteiger partial charge on any atom is -0.361 e. The Morgan fingerprint density at radius 1 is 1.30 bits per heavy atom. The van der Waals surface area contributed by atoms with Crippen molar-refractivity contribution in [3.8, 4) is 0 Å². The van der Waals surface area contributed by atoms with Crippen LogP contribution in [0.3, 0.4) is 0 Å². The van der Waals surface area contributed by atoms with Gasteiger partial charge in [0.25, 0.3) is 0 Å². The summed E-state index contributed by atoms with van der Waals surface area (Å²) in [5, 5.41) is 4.17. The van der Waals surface area contributed by atoms with Gasteiger partial charge in [-0.15, -0.1) is 0 Å². The van der Waals surface area contributed by atoms with Gasteiger partial charge in [-0.05, 0) is 13.8 Å². The Hall–Kier alpha value is -1.33. The number of amides is 3. The third-order valence-corrected chi connectivity index (χ3v) is 2.46. The Morgan fingerprint density at radius 3 is 2.05 bits per heavy atom. The van der Waals surface area contributed by atoms with Crippen LogP contribution in [0.1, 0.15) is 13.8 Å². The first-order valence-electron chi connectivity index (χ1n) is 4.98. The molecule has 0 fully saturated rings. The standard InChI is InChI=1S/C4H7N3O4S.C3H10NO3P/c1-6-4(10)11-12-7-3(9)2(5)8;1-3(2)4-8(5,6)7/h1H3,(H2,5,8)(H,6,10)(H,7,9);3H,1-2H3,(H3,4,5,6,7). The van der Waals surface area contributed by atoms with Crippen molar-refractivity contribution in [3.63, 3.8) is 0 Å². The molecule has 118 valence electrons. The summed E-state index contributed by atoms with van der Waals surface area (Å²) in [6.07, 6.45) is -0.746. The maximum atomic E-state index is 10.4. The Balaban J connectivity index is 0. The molecule has 0 atom stereocenters. The SMILES string of the molecule is CC(C)NP(=O)(O)O.CNC(=O)OSNC(=O)C(N)=O. The Labute approximate surface area is 119 Å². The highest BCUT2D eigenvalue weighted by Crippen LogP contribution is 2.28. The smallest absolute Gasteiger partial charge is 0.361 e. The van der Waals surface area contributed by atoms with Gasteiger partial charge in [-0.25, -0.2) is 14.4 Å². The van der Waals surface area contributed by atoms with E-state index in [4.69, 9.17) is 9.79 Å². The zero-order valence-corrected chi connectivity index (χ0v) is 12.7. The van der Waals surface area contributed by atoms with E-state index in [1.54, 1.807) is 13.8 Å². The lowest BCUT2D eigenvalue weighted by Gasteiger charge is -2.07. The lowest BCUT2D eigenvalue weighted by Crippen LogP contribution is -2.32. The van der Waals surface area contributed by atoms with Crippen LogP contribution in [0.25, 0.3) is 0 Å². The molecule has 7 N–H and O–H groups in total. The van der Waals surface area contributed by atoms with Gasteiger partial charge in [-0.3, -0.25) is 14.3 Å². The summed E-state index contributed by atoms with van der Waals surface area (Å²) in [7, 11) is -2.63. The lowest BCUT2D eigenvalue weighted by molar-refractivity contribution is -0.136. The van der Waals surface area contributed by atoms with E-state index in [0.29, 0.717) is 12.2 Å². The maximum absolute atomic E-state index is 10.4. The molecule has 13 heteroatoms. The lowest BCUT2D eigenvalue weighted by atomic mass is 10.4. The molecule has 20 heavy (non-hydrogen) atoms. The van der Waals surface area contributed by atoms with Crippen LogP contribution in [0.4, 0.5) is 4.79 Å². The van der Waals surface area contributed by atoms with Crippen LogP contribution in [0, 0.1) is 0 Å². The van der Waals surface area contributed by atoms with Crippen LogP contribution < -0.4 is 20.9 Å². The highest BCUT2D eigenvalue weighted by atomic mass is 32.2. The molecule has 0 saturated heterocycles. The van der Waals surface area contributed by atoms with Gasteiger partial charge in [0.15, 0.2) is 12.2 Å². The van der Waals surface area contributed by atoms with Crippen molar-refractivity contribution in [1.29, 1.82) is 0 Å². The first-order valence-corrected chi connectivity index (χ1v) is 7.33. The van der Waals surface area contributed by atoms with Crippen molar-refractivity contribution >= 4 is 37.9 Å². The molecule has 11 nitrogen and oxygen atoms in total. The summed E-state index contributed by atoms with van der Waals surface area (Å²) >= 11 is 0.310. The zero-order valence-electron chi connectivity index (χ0n) is 10.9. The molecule has 0 spiro atoms. The average Bonchev–Trinajstić information content (AvgIpc) is 2.25. The van der Waals surface area contributed by atoms with Gasteiger partial charge in [0.1, 0.15) is 0 Å². The summed E-state index contributed by atoms with van der Waals surface area (Å²) in [5.41, 5.74) is 4.56. The summed E-state index contributed by atoms with van der Waals surface area (Å²) in [4.78, 5) is 47.2. The Kier molecular flexibility index (Phi) is 11.0. The van der Waals surface area contributed by atoms with Crippen LogP contribution in [0.15, 0.2) is 0 Å². The fourth-order valence-corrected chi connectivity index (χ4v) is 1.57. The molecule has 0 aliphatic heterocycles. The molecule has 3 amide bonds. The Morgan fingerprint density at radius 2 is 1.80 bits per heavy atom. The highest BCUT2D eigenvalue weighted by molar-refractivity contribution is 7.93. The quantitative estimate of drug-likeness (QED) is 0.156. The van der Waals surface area contributed by atoms with E-state index in [1.807, 2.05) is 9.81 Å². The van der Waals surface area contributed by atoms with Gasteiger partial charge in [-0.2, -0.15) is 0 Å². The van der Waals surface area contributed by atoms with Crippen molar-refractivity contribution < 1.29 is 32.9 Å². The summed E-state index contributed by atoms with van der Waals surface area (Å²) in [6.45, 7) is 3.33. The minimum absolute atomic E-state index is 0.171. The van der Waals surface area contributed by atoms with E-state index >= 15 is 0 Å². The average molecular weight is 332 g/mol. The molecule has 0 radical (unpaired) electrons. The number of nitrogens with two attached hydrogens (primary N) is 1. The van der Waals surface area contributed by atoms with Gasteiger partial charge in [0.05, 0.1) is 0 Å². The van der Waals surface area contributed by atoms with E-state index in [9.17, 15) is 18.9 Å². The number of hydrogen-bond acceptors (Lipinski definition) is 6. The van der Waals surface area contributed by atoms with E-state index in [1.165, 1.54) is 7.05 Å². The molecule has 0 aliphatic rings. The fourth-order valence-electron chi connectivity index (χ4n) is 0.525. The van der Waals surface area contributed by atoms with Crippen molar-refractivity contribution in [2.24, 2.45) is 5.73 Å². The number of rotatable bonds is 4. The van der Waals surface area contributed by atoms with E-state index < -0.39 is 25.7 Å². The van der Waals surface area contributed by atoms with Crippen LogP contribution >= 0.6 is 20.0 Å². The van der Waals surface area contributed by atoms with Crippen molar-refractivity contribution in [2.45, 2.75) is 19.9 Å². The predicted octanol–water partition coefficient (Wildman–Crippen LogP) is -1.42. The van der Waals surface area contributed by atoms with E-state index in [0.717, 1.165) is 0 Å². The summed E-state index contributed by atoms with van der Waals surface area (Å²) in [6, 6.07) is -0.171.